The monoisotopic (exact) mass is 299 g/mol. The van der Waals surface area contributed by atoms with Gasteiger partial charge < -0.3 is 5.32 Å². The molecule has 1 N–H and O–H groups in total. The van der Waals surface area contributed by atoms with Gasteiger partial charge in [0.15, 0.2) is 5.82 Å². The zero-order chi connectivity index (χ0) is 14.8. The molecular weight excluding hydrogens is 286 g/mol. The molecule has 0 radical (unpaired) electrons. The second-order valence-electron chi connectivity index (χ2n) is 4.57. The Labute approximate surface area is 125 Å². The Hall–Kier alpha value is -2.54. The van der Waals surface area contributed by atoms with E-state index in [4.69, 9.17) is 0 Å². The van der Waals surface area contributed by atoms with Crippen molar-refractivity contribution in [1.29, 1.82) is 0 Å². The lowest BCUT2D eigenvalue weighted by Gasteiger charge is -2.05. The summed E-state index contributed by atoms with van der Waals surface area (Å²) >= 11 is 1.47. The standard InChI is InChI=1S/C14H13N5OS/c1-9-6-7-12(21-9)14(20)15-11-5-3-4-10(8-11)13-16-17-18-19(13)2/h3-8H,1-2H3,(H,15,20). The van der Waals surface area contributed by atoms with Crippen molar-refractivity contribution in [1.82, 2.24) is 20.2 Å². The molecule has 6 nitrogen and oxygen atoms in total. The minimum Gasteiger partial charge on any atom is -0.321 e. The molecule has 106 valence electrons. The van der Waals surface area contributed by atoms with Crippen molar-refractivity contribution in [3.8, 4) is 11.4 Å². The summed E-state index contributed by atoms with van der Waals surface area (Å²) in [7, 11) is 1.77. The molecule has 3 rings (SSSR count). The molecule has 21 heavy (non-hydrogen) atoms. The Balaban J connectivity index is 1.84. The summed E-state index contributed by atoms with van der Waals surface area (Å²) < 4.78 is 1.59. The topological polar surface area (TPSA) is 72.7 Å². The van der Waals surface area contributed by atoms with E-state index < -0.39 is 0 Å². The van der Waals surface area contributed by atoms with Gasteiger partial charge in [-0.1, -0.05) is 12.1 Å². The highest BCUT2D eigenvalue weighted by Crippen LogP contribution is 2.21. The zero-order valence-corrected chi connectivity index (χ0v) is 12.4. The third-order valence-corrected chi connectivity index (χ3v) is 3.96. The zero-order valence-electron chi connectivity index (χ0n) is 11.6. The van der Waals surface area contributed by atoms with Gasteiger partial charge in [0.2, 0.25) is 0 Å². The van der Waals surface area contributed by atoms with Crippen molar-refractivity contribution in [3.63, 3.8) is 0 Å². The van der Waals surface area contributed by atoms with E-state index in [-0.39, 0.29) is 5.91 Å². The number of thiophene rings is 1. The molecule has 0 fully saturated rings. The maximum atomic E-state index is 12.1. The molecule has 1 amide bonds. The number of amides is 1. The van der Waals surface area contributed by atoms with E-state index in [0.29, 0.717) is 16.4 Å². The summed E-state index contributed by atoms with van der Waals surface area (Å²) in [5.74, 6) is 0.541. The fraction of sp³-hybridized carbons (Fsp3) is 0.143. The average molecular weight is 299 g/mol. The molecule has 0 saturated carbocycles. The quantitative estimate of drug-likeness (QED) is 0.806. The number of aryl methyl sites for hydroxylation is 2. The summed E-state index contributed by atoms with van der Waals surface area (Å²) in [5, 5.41) is 14.3. The number of rotatable bonds is 3. The molecule has 0 aliphatic rings. The number of carbonyl (C=O) groups excluding carboxylic acids is 1. The molecule has 0 aliphatic carbocycles. The molecule has 0 unspecified atom stereocenters. The van der Waals surface area contributed by atoms with Gasteiger partial charge in [0, 0.05) is 23.2 Å². The molecule has 0 bridgehead atoms. The Morgan fingerprint density at radius 3 is 2.81 bits per heavy atom. The fourth-order valence-electron chi connectivity index (χ4n) is 1.96. The van der Waals surface area contributed by atoms with E-state index in [9.17, 15) is 4.79 Å². The number of anilines is 1. The molecule has 0 spiro atoms. The molecule has 3 aromatic rings. The van der Waals surface area contributed by atoms with Crippen LogP contribution in [0.15, 0.2) is 36.4 Å². The van der Waals surface area contributed by atoms with Crippen LogP contribution in [0.5, 0.6) is 0 Å². The van der Waals surface area contributed by atoms with Crippen LogP contribution in [0.2, 0.25) is 0 Å². The van der Waals surface area contributed by atoms with Crippen molar-refractivity contribution >= 4 is 22.9 Å². The summed E-state index contributed by atoms with van der Waals surface area (Å²) in [6.07, 6.45) is 0. The van der Waals surface area contributed by atoms with Crippen LogP contribution >= 0.6 is 11.3 Å². The first-order valence-electron chi connectivity index (χ1n) is 6.34. The van der Waals surface area contributed by atoms with E-state index >= 15 is 0 Å². The molecule has 2 heterocycles. The minimum atomic E-state index is -0.110. The number of tetrazole rings is 1. The van der Waals surface area contributed by atoms with Gasteiger partial charge in [0.25, 0.3) is 5.91 Å². The normalized spacial score (nSPS) is 10.6. The third-order valence-electron chi connectivity index (χ3n) is 2.96. The van der Waals surface area contributed by atoms with Crippen LogP contribution < -0.4 is 5.32 Å². The van der Waals surface area contributed by atoms with E-state index in [0.717, 1.165) is 10.4 Å². The number of carbonyl (C=O) groups is 1. The lowest BCUT2D eigenvalue weighted by Crippen LogP contribution is -2.10. The Bertz CT molecular complexity index is 792. The number of nitrogens with one attached hydrogen (secondary N) is 1. The number of aromatic nitrogens is 4. The molecular formula is C14H13N5OS. The first-order valence-corrected chi connectivity index (χ1v) is 7.16. The summed E-state index contributed by atoms with van der Waals surface area (Å²) in [6.45, 7) is 1.98. The van der Waals surface area contributed by atoms with Crippen molar-refractivity contribution < 1.29 is 4.79 Å². The minimum absolute atomic E-state index is 0.110. The highest BCUT2D eigenvalue weighted by Gasteiger charge is 2.10. The van der Waals surface area contributed by atoms with E-state index in [1.807, 2.05) is 43.3 Å². The maximum absolute atomic E-state index is 12.1. The number of hydrogen-bond acceptors (Lipinski definition) is 5. The maximum Gasteiger partial charge on any atom is 0.265 e. The van der Waals surface area contributed by atoms with E-state index in [2.05, 4.69) is 20.8 Å². The van der Waals surface area contributed by atoms with Crippen molar-refractivity contribution in [2.24, 2.45) is 7.05 Å². The Morgan fingerprint density at radius 2 is 2.14 bits per heavy atom. The summed E-state index contributed by atoms with van der Waals surface area (Å²) in [4.78, 5) is 13.9. The molecule has 0 aliphatic heterocycles. The average Bonchev–Trinajstić information content (AvgIpc) is 3.08. The second kappa shape index (κ2) is 5.45. The van der Waals surface area contributed by atoms with Gasteiger partial charge in [0.05, 0.1) is 4.88 Å². The van der Waals surface area contributed by atoms with Gasteiger partial charge in [-0.05, 0) is 41.6 Å². The van der Waals surface area contributed by atoms with Gasteiger partial charge in [-0.25, -0.2) is 4.68 Å². The number of benzene rings is 1. The van der Waals surface area contributed by atoms with Crippen LogP contribution in [0.25, 0.3) is 11.4 Å². The predicted molar refractivity (Wildman–Crippen MR) is 81.2 cm³/mol. The fourth-order valence-corrected chi connectivity index (χ4v) is 2.72. The van der Waals surface area contributed by atoms with Gasteiger partial charge in [-0.2, -0.15) is 0 Å². The smallest absolute Gasteiger partial charge is 0.265 e. The highest BCUT2D eigenvalue weighted by atomic mass is 32.1. The van der Waals surface area contributed by atoms with Crippen LogP contribution in [-0.4, -0.2) is 26.1 Å². The van der Waals surface area contributed by atoms with Crippen molar-refractivity contribution in [2.75, 3.05) is 5.32 Å². The van der Waals surface area contributed by atoms with Crippen molar-refractivity contribution in [2.45, 2.75) is 6.92 Å². The summed E-state index contributed by atoms with van der Waals surface area (Å²) in [5.41, 5.74) is 1.56. The molecule has 1 aromatic carbocycles. The highest BCUT2D eigenvalue weighted by molar-refractivity contribution is 7.14. The molecule has 7 heteroatoms. The molecule has 0 atom stereocenters. The van der Waals surface area contributed by atoms with E-state index in [1.165, 1.54) is 11.3 Å². The second-order valence-corrected chi connectivity index (χ2v) is 5.86. The van der Waals surface area contributed by atoms with Crippen LogP contribution in [-0.2, 0) is 7.05 Å². The number of hydrogen-bond donors (Lipinski definition) is 1. The lowest BCUT2D eigenvalue weighted by molar-refractivity contribution is 0.103. The van der Waals surface area contributed by atoms with Gasteiger partial charge in [-0.3, -0.25) is 4.79 Å². The SMILES string of the molecule is Cc1ccc(C(=O)Nc2cccc(-c3nnnn3C)c2)s1. The van der Waals surface area contributed by atoms with Crippen LogP contribution in [0.1, 0.15) is 14.5 Å². The van der Waals surface area contributed by atoms with Crippen LogP contribution in [0.3, 0.4) is 0 Å². The molecule has 0 saturated heterocycles. The lowest BCUT2D eigenvalue weighted by atomic mass is 10.2. The summed E-state index contributed by atoms with van der Waals surface area (Å²) in [6, 6.07) is 11.2. The number of nitrogens with zero attached hydrogens (tertiary/aromatic N) is 4. The Morgan fingerprint density at radius 1 is 1.29 bits per heavy atom. The van der Waals surface area contributed by atoms with Gasteiger partial charge in [0.1, 0.15) is 0 Å². The molecule has 2 aromatic heterocycles. The Kier molecular flexibility index (Phi) is 3.49. The predicted octanol–water partition coefficient (Wildman–Crippen LogP) is 2.50. The first kappa shape index (κ1) is 13.4. The van der Waals surface area contributed by atoms with Crippen LogP contribution in [0, 0.1) is 6.92 Å². The van der Waals surface area contributed by atoms with Gasteiger partial charge in [-0.15, -0.1) is 16.4 Å². The van der Waals surface area contributed by atoms with Crippen molar-refractivity contribution in [3.05, 3.63) is 46.2 Å². The first-order chi connectivity index (χ1) is 10.1. The van der Waals surface area contributed by atoms with E-state index in [1.54, 1.807) is 11.7 Å². The van der Waals surface area contributed by atoms with Crippen LogP contribution in [0.4, 0.5) is 5.69 Å². The third kappa shape index (κ3) is 2.82. The largest absolute Gasteiger partial charge is 0.321 e. The van der Waals surface area contributed by atoms with Gasteiger partial charge >= 0.3 is 0 Å².